The molecule has 1 aromatic rings. The van der Waals surface area contributed by atoms with Crippen LogP contribution < -0.4 is 10.6 Å². The lowest BCUT2D eigenvalue weighted by Crippen LogP contribution is -2.43. The molecule has 0 amide bonds. The maximum absolute atomic E-state index is 5.24. The average Bonchev–Trinajstić information content (AvgIpc) is 2.92. The molecule has 132 valence electrons. The van der Waals surface area contributed by atoms with E-state index in [0.29, 0.717) is 36.2 Å². The van der Waals surface area contributed by atoms with E-state index in [9.17, 15) is 0 Å². The molecule has 1 unspecified atom stereocenters. The topological polar surface area (TPSA) is 75.3 Å². The number of nitrogens with zero attached hydrogens (tertiary/aromatic N) is 3. The fourth-order valence-corrected chi connectivity index (χ4v) is 2.04. The molecule has 0 aliphatic heterocycles. The SMILES string of the molecule is CN=C(NCCc1nc(C(C)C)no1)NC(C)CCC(C)(C)C. The van der Waals surface area contributed by atoms with E-state index < -0.39 is 0 Å². The van der Waals surface area contributed by atoms with Crippen LogP contribution in [0, 0.1) is 5.41 Å². The number of aliphatic imine (C=N–C) groups is 1. The molecule has 0 radical (unpaired) electrons. The first-order valence-electron chi connectivity index (χ1n) is 8.51. The molecule has 0 spiro atoms. The Kier molecular flexibility index (Phi) is 7.52. The average molecular weight is 323 g/mol. The number of hydrogen-bond donors (Lipinski definition) is 2. The van der Waals surface area contributed by atoms with Gasteiger partial charge in [0.15, 0.2) is 11.8 Å². The van der Waals surface area contributed by atoms with Crippen LogP contribution in [-0.2, 0) is 6.42 Å². The zero-order chi connectivity index (χ0) is 17.5. The van der Waals surface area contributed by atoms with E-state index in [1.807, 2.05) is 0 Å². The molecule has 23 heavy (non-hydrogen) atoms. The predicted molar refractivity (Wildman–Crippen MR) is 94.7 cm³/mol. The summed E-state index contributed by atoms with van der Waals surface area (Å²) >= 11 is 0. The van der Waals surface area contributed by atoms with E-state index in [1.54, 1.807) is 7.05 Å². The Labute approximate surface area is 140 Å². The van der Waals surface area contributed by atoms with Crippen molar-refractivity contribution in [1.29, 1.82) is 0 Å². The Bertz CT molecular complexity index is 487. The lowest BCUT2D eigenvalue weighted by molar-refractivity contribution is 0.346. The first-order chi connectivity index (χ1) is 10.7. The second kappa shape index (κ2) is 8.89. The number of nitrogens with one attached hydrogen (secondary N) is 2. The molecule has 1 atom stereocenters. The first-order valence-corrected chi connectivity index (χ1v) is 8.51. The zero-order valence-electron chi connectivity index (χ0n) is 15.7. The Morgan fingerprint density at radius 2 is 1.96 bits per heavy atom. The largest absolute Gasteiger partial charge is 0.356 e. The highest BCUT2D eigenvalue weighted by Crippen LogP contribution is 2.21. The maximum atomic E-state index is 5.24. The Morgan fingerprint density at radius 3 is 2.48 bits per heavy atom. The Balaban J connectivity index is 2.33. The lowest BCUT2D eigenvalue weighted by atomic mass is 9.89. The van der Waals surface area contributed by atoms with Crippen LogP contribution in [0.1, 0.15) is 72.0 Å². The molecule has 0 aromatic carbocycles. The summed E-state index contributed by atoms with van der Waals surface area (Å²) in [5.74, 6) is 2.53. The van der Waals surface area contributed by atoms with Gasteiger partial charge in [-0.3, -0.25) is 4.99 Å². The highest BCUT2D eigenvalue weighted by Gasteiger charge is 2.13. The van der Waals surface area contributed by atoms with Crippen molar-refractivity contribution in [3.05, 3.63) is 11.7 Å². The highest BCUT2D eigenvalue weighted by atomic mass is 16.5. The summed E-state index contributed by atoms with van der Waals surface area (Å²) < 4.78 is 5.24. The highest BCUT2D eigenvalue weighted by molar-refractivity contribution is 5.79. The van der Waals surface area contributed by atoms with Gasteiger partial charge in [0.25, 0.3) is 0 Å². The minimum absolute atomic E-state index is 0.290. The Hall–Kier alpha value is -1.59. The van der Waals surface area contributed by atoms with Crippen LogP contribution in [0.2, 0.25) is 0 Å². The molecule has 2 N–H and O–H groups in total. The molecule has 1 heterocycles. The minimum Gasteiger partial charge on any atom is -0.356 e. The van der Waals surface area contributed by atoms with Gasteiger partial charge in [-0.1, -0.05) is 39.8 Å². The molecule has 0 bridgehead atoms. The fourth-order valence-electron chi connectivity index (χ4n) is 2.04. The third-order valence-corrected chi connectivity index (χ3v) is 3.57. The van der Waals surface area contributed by atoms with Gasteiger partial charge < -0.3 is 15.2 Å². The van der Waals surface area contributed by atoms with Crippen molar-refractivity contribution in [3.8, 4) is 0 Å². The van der Waals surface area contributed by atoms with Gasteiger partial charge in [0.05, 0.1) is 0 Å². The number of aromatic nitrogens is 2. The molecule has 1 aromatic heterocycles. The van der Waals surface area contributed by atoms with Gasteiger partial charge in [0, 0.05) is 32.0 Å². The monoisotopic (exact) mass is 323 g/mol. The molecule has 6 nitrogen and oxygen atoms in total. The smallest absolute Gasteiger partial charge is 0.228 e. The first kappa shape index (κ1) is 19.5. The summed E-state index contributed by atoms with van der Waals surface area (Å²) in [5, 5.41) is 10.7. The van der Waals surface area contributed by atoms with Gasteiger partial charge in [-0.05, 0) is 25.2 Å². The normalized spacial score (nSPS) is 14.2. The van der Waals surface area contributed by atoms with Crippen LogP contribution in [0.15, 0.2) is 9.52 Å². The van der Waals surface area contributed by atoms with Crippen LogP contribution in [-0.4, -0.2) is 35.7 Å². The predicted octanol–water partition coefficient (Wildman–Crippen LogP) is 3.12. The molecule has 6 heteroatoms. The van der Waals surface area contributed by atoms with Gasteiger partial charge in [-0.15, -0.1) is 0 Å². The molecule has 0 aliphatic rings. The number of rotatable bonds is 7. The van der Waals surface area contributed by atoms with E-state index >= 15 is 0 Å². The minimum atomic E-state index is 0.290. The number of guanidine groups is 1. The fraction of sp³-hybridized carbons (Fsp3) is 0.824. The second-order valence-corrected chi connectivity index (χ2v) is 7.59. The van der Waals surface area contributed by atoms with E-state index in [1.165, 1.54) is 6.42 Å². The van der Waals surface area contributed by atoms with Crippen LogP contribution in [0.4, 0.5) is 0 Å². The van der Waals surface area contributed by atoms with Crippen LogP contribution in [0.5, 0.6) is 0 Å². The molecule has 0 aliphatic carbocycles. The van der Waals surface area contributed by atoms with E-state index in [0.717, 1.165) is 18.2 Å². The summed E-state index contributed by atoms with van der Waals surface area (Å²) in [6.45, 7) is 13.8. The standard InChI is InChI=1S/C17H33N5O/c1-12(2)15-21-14(23-22-15)9-11-19-16(18-7)20-13(3)8-10-17(4,5)6/h12-13H,8-11H2,1-7H3,(H2,18,19,20). The van der Waals surface area contributed by atoms with Crippen molar-refractivity contribution < 1.29 is 4.52 Å². The molecule has 0 saturated heterocycles. The maximum Gasteiger partial charge on any atom is 0.228 e. The lowest BCUT2D eigenvalue weighted by Gasteiger charge is -2.23. The molecule has 1 rings (SSSR count). The van der Waals surface area contributed by atoms with E-state index in [-0.39, 0.29) is 0 Å². The van der Waals surface area contributed by atoms with Crippen molar-refractivity contribution in [2.24, 2.45) is 10.4 Å². The van der Waals surface area contributed by atoms with E-state index in [2.05, 4.69) is 67.3 Å². The van der Waals surface area contributed by atoms with Gasteiger partial charge >= 0.3 is 0 Å². The summed E-state index contributed by atoms with van der Waals surface area (Å²) in [6.07, 6.45) is 2.99. The second-order valence-electron chi connectivity index (χ2n) is 7.59. The summed E-state index contributed by atoms with van der Waals surface area (Å²) in [5.41, 5.74) is 0.360. The third-order valence-electron chi connectivity index (χ3n) is 3.57. The van der Waals surface area contributed by atoms with Crippen LogP contribution in [0.25, 0.3) is 0 Å². The van der Waals surface area contributed by atoms with Crippen molar-refractivity contribution in [2.75, 3.05) is 13.6 Å². The van der Waals surface area contributed by atoms with Crippen LogP contribution >= 0.6 is 0 Å². The summed E-state index contributed by atoms with van der Waals surface area (Å²) in [4.78, 5) is 8.64. The van der Waals surface area contributed by atoms with Gasteiger partial charge in [0.1, 0.15) is 0 Å². The van der Waals surface area contributed by atoms with Crippen molar-refractivity contribution >= 4 is 5.96 Å². The zero-order valence-corrected chi connectivity index (χ0v) is 15.7. The van der Waals surface area contributed by atoms with Crippen molar-refractivity contribution in [2.45, 2.75) is 72.8 Å². The van der Waals surface area contributed by atoms with Crippen molar-refractivity contribution in [1.82, 2.24) is 20.8 Å². The Morgan fingerprint density at radius 1 is 1.26 bits per heavy atom. The summed E-state index contributed by atoms with van der Waals surface area (Å²) in [6, 6.07) is 0.386. The molecule has 0 saturated carbocycles. The summed E-state index contributed by atoms with van der Waals surface area (Å²) in [7, 11) is 1.79. The number of hydrogen-bond acceptors (Lipinski definition) is 4. The van der Waals surface area contributed by atoms with Gasteiger partial charge in [0.2, 0.25) is 5.89 Å². The molecular formula is C17H33N5O. The molecule has 0 fully saturated rings. The quantitative estimate of drug-likeness (QED) is 0.595. The molecular weight excluding hydrogens is 290 g/mol. The van der Waals surface area contributed by atoms with Gasteiger partial charge in [-0.2, -0.15) is 4.98 Å². The van der Waals surface area contributed by atoms with E-state index in [4.69, 9.17) is 4.52 Å². The van der Waals surface area contributed by atoms with Gasteiger partial charge in [-0.25, -0.2) is 0 Å². The van der Waals surface area contributed by atoms with Crippen molar-refractivity contribution in [3.63, 3.8) is 0 Å². The third kappa shape index (κ3) is 8.00. The van der Waals surface area contributed by atoms with Crippen LogP contribution in [0.3, 0.4) is 0 Å².